The van der Waals surface area contributed by atoms with Gasteiger partial charge in [0.05, 0.1) is 17.2 Å². The molecule has 4 rings (SSSR count). The van der Waals surface area contributed by atoms with Crippen LogP contribution in [0.1, 0.15) is 12.7 Å². The summed E-state index contributed by atoms with van der Waals surface area (Å²) in [5.74, 6) is 1.35. The van der Waals surface area contributed by atoms with E-state index in [9.17, 15) is 0 Å². The van der Waals surface area contributed by atoms with Crippen LogP contribution in [0, 0.1) is 0 Å². The Hall–Kier alpha value is -3.28. The van der Waals surface area contributed by atoms with E-state index < -0.39 is 0 Å². The van der Waals surface area contributed by atoms with E-state index >= 15 is 0 Å². The van der Waals surface area contributed by atoms with Gasteiger partial charge in [-0.3, -0.25) is 5.43 Å². The second kappa shape index (κ2) is 5.49. The van der Waals surface area contributed by atoms with Gasteiger partial charge in [0.2, 0.25) is 0 Å². The van der Waals surface area contributed by atoms with Crippen molar-refractivity contribution in [3.63, 3.8) is 0 Å². The van der Waals surface area contributed by atoms with E-state index in [1.807, 2.05) is 55.5 Å². The van der Waals surface area contributed by atoms with Gasteiger partial charge in [-0.05, 0) is 19.1 Å². The molecule has 0 fully saturated rings. The number of hydrogen-bond donors (Lipinski definition) is 2. The van der Waals surface area contributed by atoms with Crippen molar-refractivity contribution in [1.29, 1.82) is 0 Å². The highest BCUT2D eigenvalue weighted by Crippen LogP contribution is 2.19. The monoisotopic (exact) mass is 302 g/mol. The molecular formula is C17H14N6. The van der Waals surface area contributed by atoms with Gasteiger partial charge in [-0.2, -0.15) is 10.2 Å². The lowest BCUT2D eigenvalue weighted by molar-refractivity contribution is 1.04. The first kappa shape index (κ1) is 13.4. The Bertz CT molecular complexity index is 979. The Labute approximate surface area is 132 Å². The van der Waals surface area contributed by atoms with Crippen LogP contribution in [0.15, 0.2) is 59.8 Å². The average molecular weight is 302 g/mol. The lowest BCUT2D eigenvalue weighted by Gasteiger charge is -2.04. The minimum absolute atomic E-state index is 0.624. The lowest BCUT2D eigenvalue weighted by atomic mass is 10.2. The largest absolute Gasteiger partial charge is 0.337 e. The molecule has 0 radical (unpaired) electrons. The third-order valence-corrected chi connectivity index (χ3v) is 3.63. The number of hydrogen-bond acceptors (Lipinski definition) is 5. The molecule has 2 heterocycles. The second-order valence-corrected chi connectivity index (χ2v) is 5.19. The zero-order valence-corrected chi connectivity index (χ0v) is 12.5. The molecule has 0 aliphatic carbocycles. The van der Waals surface area contributed by atoms with Gasteiger partial charge in [0.25, 0.3) is 0 Å². The number of nitrogens with zero attached hydrogens (tertiary/aromatic N) is 4. The average Bonchev–Trinajstić information content (AvgIpc) is 3.04. The quantitative estimate of drug-likeness (QED) is 0.449. The predicted molar refractivity (Wildman–Crippen MR) is 91.5 cm³/mol. The normalized spacial score (nSPS) is 12.0. The zero-order chi connectivity index (χ0) is 15.6. The maximum atomic E-state index is 4.52. The molecule has 0 saturated heterocycles. The van der Waals surface area contributed by atoms with E-state index in [0.29, 0.717) is 5.82 Å². The maximum Gasteiger partial charge on any atom is 0.176 e. The Balaban J connectivity index is 1.67. The van der Waals surface area contributed by atoms with Crippen molar-refractivity contribution in [2.45, 2.75) is 6.92 Å². The summed E-state index contributed by atoms with van der Waals surface area (Å²) in [6.45, 7) is 1.89. The van der Waals surface area contributed by atoms with Crippen LogP contribution in [0.4, 0.5) is 5.82 Å². The topological polar surface area (TPSA) is 78.8 Å². The highest BCUT2D eigenvalue weighted by Gasteiger charge is 2.06. The number of hydrazone groups is 1. The molecule has 112 valence electrons. The second-order valence-electron chi connectivity index (χ2n) is 5.19. The molecule has 4 aromatic rings. The van der Waals surface area contributed by atoms with Crippen molar-refractivity contribution >= 4 is 33.3 Å². The zero-order valence-electron chi connectivity index (χ0n) is 12.5. The van der Waals surface area contributed by atoms with Crippen LogP contribution >= 0.6 is 0 Å². The summed E-state index contributed by atoms with van der Waals surface area (Å²) in [5, 5.41) is 14.5. The van der Waals surface area contributed by atoms with Gasteiger partial charge in [-0.1, -0.05) is 36.4 Å². The van der Waals surface area contributed by atoms with Gasteiger partial charge < -0.3 is 4.98 Å². The predicted octanol–water partition coefficient (Wildman–Crippen LogP) is 3.34. The van der Waals surface area contributed by atoms with Crippen LogP contribution in [0.25, 0.3) is 21.8 Å². The van der Waals surface area contributed by atoms with Gasteiger partial charge >= 0.3 is 0 Å². The van der Waals surface area contributed by atoms with E-state index in [1.54, 1.807) is 6.20 Å². The van der Waals surface area contributed by atoms with Gasteiger partial charge in [0.1, 0.15) is 5.71 Å². The molecule has 2 aromatic heterocycles. The summed E-state index contributed by atoms with van der Waals surface area (Å²) in [6, 6.07) is 15.8. The molecule has 0 atom stereocenters. The van der Waals surface area contributed by atoms with E-state index in [2.05, 4.69) is 30.7 Å². The summed E-state index contributed by atoms with van der Waals surface area (Å²) >= 11 is 0. The van der Waals surface area contributed by atoms with Crippen LogP contribution in [0.2, 0.25) is 0 Å². The standard InChI is InChI=1S/C17H14N6/c1-11(16-19-14-8-4-5-9-15(14)20-16)21-23-17-13-7-3-2-6-12(13)10-18-22-17/h2-10H,1H3,(H,19,20)(H,22,23). The van der Waals surface area contributed by atoms with Gasteiger partial charge in [0.15, 0.2) is 11.6 Å². The van der Waals surface area contributed by atoms with Crippen LogP contribution in [-0.2, 0) is 0 Å². The Morgan fingerprint density at radius 2 is 1.91 bits per heavy atom. The minimum Gasteiger partial charge on any atom is -0.337 e. The molecule has 0 aliphatic heterocycles. The summed E-state index contributed by atoms with van der Waals surface area (Å²) in [5.41, 5.74) is 5.64. The van der Waals surface area contributed by atoms with Crippen molar-refractivity contribution in [3.8, 4) is 0 Å². The Kier molecular flexibility index (Phi) is 3.20. The van der Waals surface area contributed by atoms with Crippen LogP contribution in [0.3, 0.4) is 0 Å². The van der Waals surface area contributed by atoms with Crippen molar-refractivity contribution in [2.75, 3.05) is 5.43 Å². The molecule has 0 saturated carbocycles. The fourth-order valence-electron chi connectivity index (χ4n) is 2.42. The molecule has 6 nitrogen and oxygen atoms in total. The number of aromatic nitrogens is 4. The maximum absolute atomic E-state index is 4.52. The molecule has 23 heavy (non-hydrogen) atoms. The van der Waals surface area contributed by atoms with E-state index in [0.717, 1.165) is 33.3 Å². The highest BCUT2D eigenvalue weighted by molar-refractivity contribution is 5.99. The van der Waals surface area contributed by atoms with E-state index in [4.69, 9.17) is 0 Å². The van der Waals surface area contributed by atoms with Gasteiger partial charge in [-0.25, -0.2) is 4.98 Å². The Morgan fingerprint density at radius 3 is 2.83 bits per heavy atom. The SMILES string of the molecule is CC(=NNc1nncc2ccccc12)c1nc2ccccc2[nH]1. The van der Waals surface area contributed by atoms with Crippen molar-refractivity contribution in [2.24, 2.45) is 5.10 Å². The summed E-state index contributed by atoms with van der Waals surface area (Å²) in [6.07, 6.45) is 1.73. The summed E-state index contributed by atoms with van der Waals surface area (Å²) in [4.78, 5) is 7.78. The molecule has 6 heteroatoms. The number of imidazole rings is 1. The third kappa shape index (κ3) is 2.50. The third-order valence-electron chi connectivity index (χ3n) is 3.63. The Morgan fingerprint density at radius 1 is 1.09 bits per heavy atom. The van der Waals surface area contributed by atoms with Crippen LogP contribution in [-0.4, -0.2) is 25.9 Å². The molecule has 0 aliphatic rings. The van der Waals surface area contributed by atoms with Gasteiger partial charge in [-0.15, -0.1) is 5.10 Å². The summed E-state index contributed by atoms with van der Waals surface area (Å²) in [7, 11) is 0. The minimum atomic E-state index is 0.624. The van der Waals surface area contributed by atoms with Crippen molar-refractivity contribution in [3.05, 3.63) is 60.6 Å². The fraction of sp³-hybridized carbons (Fsp3) is 0.0588. The summed E-state index contributed by atoms with van der Waals surface area (Å²) < 4.78 is 0. The number of H-pyrrole nitrogens is 1. The molecular weight excluding hydrogens is 288 g/mol. The smallest absolute Gasteiger partial charge is 0.176 e. The number of rotatable bonds is 3. The number of fused-ring (bicyclic) bond motifs is 2. The number of aromatic amines is 1. The van der Waals surface area contributed by atoms with E-state index in [-0.39, 0.29) is 0 Å². The molecule has 2 aromatic carbocycles. The van der Waals surface area contributed by atoms with Gasteiger partial charge in [0, 0.05) is 10.8 Å². The fourth-order valence-corrected chi connectivity index (χ4v) is 2.42. The van der Waals surface area contributed by atoms with E-state index in [1.165, 1.54) is 0 Å². The van der Waals surface area contributed by atoms with Crippen molar-refractivity contribution < 1.29 is 0 Å². The first-order chi connectivity index (χ1) is 11.3. The molecule has 0 bridgehead atoms. The lowest BCUT2D eigenvalue weighted by Crippen LogP contribution is -2.03. The van der Waals surface area contributed by atoms with Crippen LogP contribution < -0.4 is 5.43 Å². The number of benzene rings is 2. The molecule has 0 unspecified atom stereocenters. The number of nitrogens with one attached hydrogen (secondary N) is 2. The first-order valence-electron chi connectivity index (χ1n) is 7.27. The number of anilines is 1. The number of para-hydroxylation sites is 2. The van der Waals surface area contributed by atoms with Crippen LogP contribution in [0.5, 0.6) is 0 Å². The first-order valence-corrected chi connectivity index (χ1v) is 7.27. The molecule has 0 spiro atoms. The molecule has 0 amide bonds. The van der Waals surface area contributed by atoms with Crippen molar-refractivity contribution in [1.82, 2.24) is 20.2 Å². The molecule has 2 N–H and O–H groups in total. The highest BCUT2D eigenvalue weighted by atomic mass is 15.3.